The molecular formula is C19H24N2O4S. The highest BCUT2D eigenvalue weighted by Gasteiger charge is 2.13. The zero-order valence-corrected chi connectivity index (χ0v) is 16.2. The molecule has 7 heteroatoms. The summed E-state index contributed by atoms with van der Waals surface area (Å²) in [6.45, 7) is 5.96. The van der Waals surface area contributed by atoms with Gasteiger partial charge in [-0.2, -0.15) is 0 Å². The fourth-order valence-corrected chi connectivity index (χ4v) is 2.95. The number of hydrogen-bond acceptors (Lipinski definition) is 4. The predicted molar refractivity (Wildman–Crippen MR) is 103 cm³/mol. The minimum atomic E-state index is -3.36. The third kappa shape index (κ3) is 6.07. The summed E-state index contributed by atoms with van der Waals surface area (Å²) in [5.74, 6) is 0.516. The van der Waals surface area contributed by atoms with Crippen molar-refractivity contribution in [2.24, 2.45) is 0 Å². The Bertz CT molecular complexity index is 877. The lowest BCUT2D eigenvalue weighted by Crippen LogP contribution is -2.36. The van der Waals surface area contributed by atoms with E-state index in [9.17, 15) is 13.2 Å². The number of sulfonamides is 1. The number of amides is 1. The second-order valence-electron chi connectivity index (χ2n) is 6.40. The summed E-state index contributed by atoms with van der Waals surface area (Å²) < 4.78 is 30.7. The van der Waals surface area contributed by atoms with Crippen LogP contribution in [-0.2, 0) is 10.0 Å². The summed E-state index contributed by atoms with van der Waals surface area (Å²) in [5, 5.41) is 2.87. The maximum absolute atomic E-state index is 12.4. The van der Waals surface area contributed by atoms with Crippen molar-refractivity contribution in [3.05, 3.63) is 59.2 Å². The van der Waals surface area contributed by atoms with Crippen LogP contribution in [0.3, 0.4) is 0 Å². The second-order valence-corrected chi connectivity index (χ2v) is 8.15. The highest BCUT2D eigenvalue weighted by atomic mass is 32.2. The Balaban J connectivity index is 1.94. The molecule has 0 aromatic heterocycles. The summed E-state index contributed by atoms with van der Waals surface area (Å²) in [4.78, 5) is 12.4. The van der Waals surface area contributed by atoms with Crippen molar-refractivity contribution in [3.63, 3.8) is 0 Å². The summed E-state index contributed by atoms with van der Waals surface area (Å²) in [6, 6.07) is 12.3. The first-order chi connectivity index (χ1) is 12.1. The second kappa shape index (κ2) is 8.23. The number of aryl methyl sites for hydroxylation is 2. The van der Waals surface area contributed by atoms with Crippen LogP contribution in [0.25, 0.3) is 0 Å². The molecule has 2 aromatic carbocycles. The van der Waals surface area contributed by atoms with Crippen LogP contribution in [0.1, 0.15) is 28.4 Å². The first-order valence-corrected chi connectivity index (χ1v) is 10.1. The Morgan fingerprint density at radius 1 is 1.12 bits per heavy atom. The molecule has 0 aliphatic carbocycles. The molecule has 0 heterocycles. The molecule has 0 spiro atoms. The molecule has 1 amide bonds. The maximum atomic E-state index is 12.4. The standard InChI is InChI=1S/C19H24N2O4S/c1-13-5-8-17(9-6-13)25-12-15(3)20-19(22)16-7-10-18(14(2)11-16)21-26(4,23)24/h5-11,15,21H,12H2,1-4H3,(H,20,22). The number of carbonyl (C=O) groups excluding carboxylic acids is 1. The minimum Gasteiger partial charge on any atom is -0.491 e. The van der Waals surface area contributed by atoms with Crippen LogP contribution in [0.2, 0.25) is 0 Å². The molecule has 6 nitrogen and oxygen atoms in total. The van der Waals surface area contributed by atoms with E-state index in [2.05, 4.69) is 10.0 Å². The number of hydrogen-bond donors (Lipinski definition) is 2. The largest absolute Gasteiger partial charge is 0.491 e. The van der Waals surface area contributed by atoms with Crippen molar-refractivity contribution in [1.82, 2.24) is 5.32 Å². The molecule has 0 saturated carbocycles. The quantitative estimate of drug-likeness (QED) is 0.778. The van der Waals surface area contributed by atoms with Crippen molar-refractivity contribution < 1.29 is 17.9 Å². The van der Waals surface area contributed by atoms with E-state index in [1.54, 1.807) is 25.1 Å². The van der Waals surface area contributed by atoms with Gasteiger partial charge >= 0.3 is 0 Å². The molecule has 2 N–H and O–H groups in total. The zero-order valence-electron chi connectivity index (χ0n) is 15.4. The predicted octanol–water partition coefficient (Wildman–Crippen LogP) is 2.87. The SMILES string of the molecule is Cc1ccc(OCC(C)NC(=O)c2ccc(NS(C)(=O)=O)c(C)c2)cc1. The number of benzene rings is 2. The van der Waals surface area contributed by atoms with Crippen LogP contribution in [0.15, 0.2) is 42.5 Å². The van der Waals surface area contributed by atoms with E-state index in [4.69, 9.17) is 4.74 Å². The average Bonchev–Trinajstić information content (AvgIpc) is 2.55. The normalized spacial score (nSPS) is 12.3. The zero-order chi connectivity index (χ0) is 19.3. The summed E-state index contributed by atoms with van der Waals surface area (Å²) in [5.41, 5.74) is 2.75. The van der Waals surface area contributed by atoms with Crippen molar-refractivity contribution in [1.29, 1.82) is 0 Å². The van der Waals surface area contributed by atoms with E-state index in [1.165, 1.54) is 0 Å². The number of nitrogens with one attached hydrogen (secondary N) is 2. The maximum Gasteiger partial charge on any atom is 0.251 e. The molecule has 0 aliphatic heterocycles. The van der Waals surface area contributed by atoms with Crippen LogP contribution in [0.4, 0.5) is 5.69 Å². The van der Waals surface area contributed by atoms with Gasteiger partial charge in [0.05, 0.1) is 18.0 Å². The van der Waals surface area contributed by atoms with Gasteiger partial charge < -0.3 is 10.1 Å². The molecular weight excluding hydrogens is 352 g/mol. The molecule has 0 saturated heterocycles. The Labute approximate surface area is 154 Å². The molecule has 2 aromatic rings. The van der Waals surface area contributed by atoms with E-state index < -0.39 is 10.0 Å². The third-order valence-electron chi connectivity index (χ3n) is 3.68. The Hall–Kier alpha value is -2.54. The Morgan fingerprint density at radius 2 is 1.77 bits per heavy atom. The lowest BCUT2D eigenvalue weighted by molar-refractivity contribution is 0.0926. The van der Waals surface area contributed by atoms with Gasteiger partial charge in [-0.3, -0.25) is 9.52 Å². The number of ether oxygens (including phenoxy) is 1. The molecule has 0 fully saturated rings. The van der Waals surface area contributed by atoms with E-state index in [0.717, 1.165) is 17.6 Å². The molecule has 1 atom stereocenters. The van der Waals surface area contributed by atoms with Gasteiger partial charge in [-0.15, -0.1) is 0 Å². The monoisotopic (exact) mass is 376 g/mol. The van der Waals surface area contributed by atoms with Crippen LogP contribution in [-0.4, -0.2) is 33.2 Å². The summed E-state index contributed by atoms with van der Waals surface area (Å²) in [7, 11) is -3.36. The smallest absolute Gasteiger partial charge is 0.251 e. The van der Waals surface area contributed by atoms with Crippen molar-refractivity contribution in [2.75, 3.05) is 17.6 Å². The van der Waals surface area contributed by atoms with Crippen LogP contribution < -0.4 is 14.8 Å². The third-order valence-corrected chi connectivity index (χ3v) is 4.27. The van der Waals surface area contributed by atoms with Crippen molar-refractivity contribution in [3.8, 4) is 5.75 Å². The van der Waals surface area contributed by atoms with E-state index in [-0.39, 0.29) is 11.9 Å². The van der Waals surface area contributed by atoms with Gasteiger partial charge in [0.25, 0.3) is 5.91 Å². The van der Waals surface area contributed by atoms with Gasteiger partial charge in [-0.1, -0.05) is 17.7 Å². The summed E-state index contributed by atoms with van der Waals surface area (Å²) in [6.07, 6.45) is 1.09. The van der Waals surface area contributed by atoms with Gasteiger partial charge in [-0.25, -0.2) is 8.42 Å². The number of carbonyl (C=O) groups is 1. The lowest BCUT2D eigenvalue weighted by atomic mass is 10.1. The first kappa shape index (κ1) is 19.8. The van der Waals surface area contributed by atoms with Gasteiger partial charge in [0, 0.05) is 5.56 Å². The van der Waals surface area contributed by atoms with Crippen molar-refractivity contribution >= 4 is 21.6 Å². The van der Waals surface area contributed by atoms with Crippen LogP contribution in [0.5, 0.6) is 5.75 Å². The molecule has 1 unspecified atom stereocenters. The molecule has 140 valence electrons. The Kier molecular flexibility index (Phi) is 6.26. The molecule has 0 aliphatic rings. The fourth-order valence-electron chi connectivity index (χ4n) is 2.32. The highest BCUT2D eigenvalue weighted by Crippen LogP contribution is 2.18. The van der Waals surface area contributed by atoms with Crippen LogP contribution in [0, 0.1) is 13.8 Å². The molecule has 2 rings (SSSR count). The minimum absolute atomic E-state index is 0.182. The van der Waals surface area contributed by atoms with Gasteiger partial charge in [0.15, 0.2) is 0 Å². The first-order valence-electron chi connectivity index (χ1n) is 8.23. The van der Waals surface area contributed by atoms with Gasteiger partial charge in [-0.05, 0) is 56.7 Å². The van der Waals surface area contributed by atoms with Crippen LogP contribution >= 0.6 is 0 Å². The van der Waals surface area contributed by atoms with E-state index >= 15 is 0 Å². The number of anilines is 1. The Morgan fingerprint density at radius 3 is 2.35 bits per heavy atom. The van der Waals surface area contributed by atoms with Gasteiger partial charge in [0.1, 0.15) is 12.4 Å². The molecule has 0 radical (unpaired) electrons. The highest BCUT2D eigenvalue weighted by molar-refractivity contribution is 7.92. The summed E-state index contributed by atoms with van der Waals surface area (Å²) >= 11 is 0. The molecule has 26 heavy (non-hydrogen) atoms. The number of rotatable bonds is 7. The lowest BCUT2D eigenvalue weighted by Gasteiger charge is -2.16. The van der Waals surface area contributed by atoms with E-state index in [1.807, 2.05) is 38.1 Å². The van der Waals surface area contributed by atoms with Gasteiger partial charge in [0.2, 0.25) is 10.0 Å². The fraction of sp³-hybridized carbons (Fsp3) is 0.316. The molecule has 0 bridgehead atoms. The average molecular weight is 376 g/mol. The van der Waals surface area contributed by atoms with Crippen molar-refractivity contribution in [2.45, 2.75) is 26.8 Å². The topological polar surface area (TPSA) is 84.5 Å². The van der Waals surface area contributed by atoms with E-state index in [0.29, 0.717) is 23.4 Å².